The fourth-order valence-corrected chi connectivity index (χ4v) is 3.10. The summed E-state index contributed by atoms with van der Waals surface area (Å²) in [6.45, 7) is 10.3. The minimum absolute atomic E-state index is 0.00512. The van der Waals surface area contributed by atoms with Gasteiger partial charge in [-0.2, -0.15) is 0 Å². The molecule has 5 heteroatoms. The lowest BCUT2D eigenvalue weighted by molar-refractivity contribution is 0.0948. The van der Waals surface area contributed by atoms with Crippen LogP contribution in [0.25, 0.3) is 0 Å². The van der Waals surface area contributed by atoms with Crippen molar-refractivity contribution in [2.45, 2.75) is 52.5 Å². The molecule has 1 saturated heterocycles. The van der Waals surface area contributed by atoms with Gasteiger partial charge < -0.3 is 15.5 Å². The third-order valence-electron chi connectivity index (χ3n) is 4.41. The number of hydrogen-bond acceptors (Lipinski definition) is 2. The largest absolute Gasteiger partial charge is 0.352 e. The number of amides is 3. The molecule has 0 spiro atoms. The van der Waals surface area contributed by atoms with E-state index in [-0.39, 0.29) is 23.9 Å². The first-order valence-corrected chi connectivity index (χ1v) is 9.30. The van der Waals surface area contributed by atoms with Gasteiger partial charge in [-0.1, -0.05) is 26.0 Å². The van der Waals surface area contributed by atoms with E-state index in [9.17, 15) is 9.59 Å². The van der Waals surface area contributed by atoms with Crippen molar-refractivity contribution in [3.05, 3.63) is 35.4 Å². The molecule has 1 aromatic rings. The van der Waals surface area contributed by atoms with E-state index in [0.29, 0.717) is 24.6 Å². The summed E-state index contributed by atoms with van der Waals surface area (Å²) in [5.41, 5.74) is 1.83. The molecule has 1 aromatic carbocycles. The average Bonchev–Trinajstić information content (AvgIpc) is 2.59. The quantitative estimate of drug-likeness (QED) is 0.859. The molecule has 0 aromatic heterocycles. The maximum Gasteiger partial charge on any atom is 0.317 e. The number of urea groups is 1. The second kappa shape index (κ2) is 8.88. The van der Waals surface area contributed by atoms with E-state index in [2.05, 4.69) is 30.5 Å². The summed E-state index contributed by atoms with van der Waals surface area (Å²) in [5, 5.41) is 5.93. The van der Waals surface area contributed by atoms with Crippen molar-refractivity contribution in [3.8, 4) is 0 Å². The van der Waals surface area contributed by atoms with Gasteiger partial charge in [0.2, 0.25) is 0 Å². The van der Waals surface area contributed by atoms with E-state index in [0.717, 1.165) is 24.9 Å². The molecule has 138 valence electrons. The van der Waals surface area contributed by atoms with Crippen molar-refractivity contribution in [2.75, 3.05) is 19.6 Å². The summed E-state index contributed by atoms with van der Waals surface area (Å²) < 4.78 is 0. The Kier molecular flexibility index (Phi) is 6.85. The van der Waals surface area contributed by atoms with Gasteiger partial charge in [-0.15, -0.1) is 0 Å². The lowest BCUT2D eigenvalue weighted by Crippen LogP contribution is -2.47. The van der Waals surface area contributed by atoms with Gasteiger partial charge in [0.15, 0.2) is 0 Å². The molecule has 25 heavy (non-hydrogen) atoms. The Labute approximate surface area is 151 Å². The first-order chi connectivity index (χ1) is 11.9. The van der Waals surface area contributed by atoms with Crippen LogP contribution in [0.5, 0.6) is 0 Å². The molecule has 1 aliphatic rings. The molecule has 0 saturated carbocycles. The van der Waals surface area contributed by atoms with E-state index >= 15 is 0 Å². The summed E-state index contributed by atoms with van der Waals surface area (Å²) in [4.78, 5) is 26.4. The number of nitrogens with zero attached hydrogens (tertiary/aromatic N) is 1. The molecule has 1 heterocycles. The number of carbonyl (C=O) groups excluding carboxylic acids is 2. The van der Waals surface area contributed by atoms with E-state index in [1.54, 1.807) is 0 Å². The average molecular weight is 345 g/mol. The molecule has 1 fully saturated rings. The second-order valence-corrected chi connectivity index (χ2v) is 7.62. The fraction of sp³-hybridized carbons (Fsp3) is 0.600. The van der Waals surface area contributed by atoms with Crippen LogP contribution >= 0.6 is 0 Å². The van der Waals surface area contributed by atoms with Crippen molar-refractivity contribution in [1.29, 1.82) is 0 Å². The first kappa shape index (κ1) is 19.3. The SMILES string of the molecule is CC(C)CNC(=O)c1cccc([C@H]2CCCN(C(=O)NC(C)C)C2)c1. The van der Waals surface area contributed by atoms with Crippen molar-refractivity contribution < 1.29 is 9.59 Å². The topological polar surface area (TPSA) is 61.4 Å². The van der Waals surface area contributed by atoms with Crippen molar-refractivity contribution in [3.63, 3.8) is 0 Å². The molecule has 3 amide bonds. The normalized spacial score (nSPS) is 17.7. The molecule has 2 rings (SSSR count). The molecule has 0 unspecified atom stereocenters. The lowest BCUT2D eigenvalue weighted by Gasteiger charge is -2.33. The monoisotopic (exact) mass is 345 g/mol. The smallest absolute Gasteiger partial charge is 0.317 e. The van der Waals surface area contributed by atoms with Crippen molar-refractivity contribution >= 4 is 11.9 Å². The van der Waals surface area contributed by atoms with Gasteiger partial charge in [0.1, 0.15) is 0 Å². The summed E-state index contributed by atoms with van der Waals surface area (Å²) in [6, 6.07) is 7.97. The Morgan fingerprint density at radius 3 is 2.68 bits per heavy atom. The molecule has 2 N–H and O–H groups in total. The highest BCUT2D eigenvalue weighted by Crippen LogP contribution is 2.27. The zero-order valence-electron chi connectivity index (χ0n) is 15.8. The van der Waals surface area contributed by atoms with Gasteiger partial charge in [0.25, 0.3) is 5.91 Å². The van der Waals surface area contributed by atoms with E-state index in [1.807, 2.05) is 36.9 Å². The molecule has 0 radical (unpaired) electrons. The number of nitrogens with one attached hydrogen (secondary N) is 2. The van der Waals surface area contributed by atoms with E-state index in [1.165, 1.54) is 0 Å². The molecule has 5 nitrogen and oxygen atoms in total. The van der Waals surface area contributed by atoms with Crippen LogP contribution in [0.2, 0.25) is 0 Å². The summed E-state index contributed by atoms with van der Waals surface area (Å²) >= 11 is 0. The van der Waals surface area contributed by atoms with Gasteiger partial charge >= 0.3 is 6.03 Å². The second-order valence-electron chi connectivity index (χ2n) is 7.62. The van der Waals surface area contributed by atoms with Crippen LogP contribution in [0.15, 0.2) is 24.3 Å². The van der Waals surface area contributed by atoms with Crippen molar-refractivity contribution in [2.24, 2.45) is 5.92 Å². The number of carbonyl (C=O) groups is 2. The van der Waals surface area contributed by atoms with Crippen LogP contribution in [0, 0.1) is 5.92 Å². The predicted molar refractivity (Wildman–Crippen MR) is 101 cm³/mol. The van der Waals surface area contributed by atoms with E-state index in [4.69, 9.17) is 0 Å². The maximum atomic E-state index is 12.3. The Morgan fingerprint density at radius 1 is 1.24 bits per heavy atom. The Bertz CT molecular complexity index is 598. The fourth-order valence-electron chi connectivity index (χ4n) is 3.10. The zero-order chi connectivity index (χ0) is 18.4. The number of likely N-dealkylation sites (tertiary alicyclic amines) is 1. The molecule has 1 aliphatic heterocycles. The number of hydrogen-bond donors (Lipinski definition) is 2. The van der Waals surface area contributed by atoms with Gasteiger partial charge in [0.05, 0.1) is 0 Å². The highest BCUT2D eigenvalue weighted by atomic mass is 16.2. The highest BCUT2D eigenvalue weighted by Gasteiger charge is 2.25. The summed E-state index contributed by atoms with van der Waals surface area (Å²) in [7, 11) is 0. The molecule has 0 bridgehead atoms. The van der Waals surface area contributed by atoms with Crippen LogP contribution in [-0.2, 0) is 0 Å². The van der Waals surface area contributed by atoms with Gasteiger partial charge in [-0.05, 0) is 50.3 Å². The summed E-state index contributed by atoms with van der Waals surface area (Å²) in [6.07, 6.45) is 2.03. The minimum Gasteiger partial charge on any atom is -0.352 e. The maximum absolute atomic E-state index is 12.3. The van der Waals surface area contributed by atoms with Gasteiger partial charge in [-0.3, -0.25) is 4.79 Å². The Hall–Kier alpha value is -2.04. The Balaban J connectivity index is 2.04. The molecule has 0 aliphatic carbocycles. The van der Waals surface area contributed by atoms with Crippen LogP contribution in [0.1, 0.15) is 62.4 Å². The lowest BCUT2D eigenvalue weighted by atomic mass is 9.89. The number of benzene rings is 1. The minimum atomic E-state index is -0.0271. The third kappa shape index (κ3) is 5.76. The van der Waals surface area contributed by atoms with Gasteiger partial charge in [0, 0.05) is 37.2 Å². The predicted octanol–water partition coefficient (Wildman–Crippen LogP) is 3.37. The van der Waals surface area contributed by atoms with Crippen LogP contribution < -0.4 is 10.6 Å². The van der Waals surface area contributed by atoms with Crippen LogP contribution in [-0.4, -0.2) is 42.5 Å². The standard InChI is InChI=1S/C20H31N3O2/c1-14(2)12-21-19(24)17-8-5-7-16(11-17)18-9-6-10-23(13-18)20(25)22-15(3)4/h5,7-8,11,14-15,18H,6,9-10,12-13H2,1-4H3,(H,21,24)(H,22,25)/t18-/m0/s1. The van der Waals surface area contributed by atoms with E-state index < -0.39 is 0 Å². The summed E-state index contributed by atoms with van der Waals surface area (Å²) in [5.74, 6) is 0.684. The molecule has 1 atom stereocenters. The van der Waals surface area contributed by atoms with Gasteiger partial charge in [-0.25, -0.2) is 4.79 Å². The van der Waals surface area contributed by atoms with Crippen molar-refractivity contribution in [1.82, 2.24) is 15.5 Å². The Morgan fingerprint density at radius 2 is 2.00 bits per heavy atom. The van der Waals surface area contributed by atoms with Crippen LogP contribution in [0.3, 0.4) is 0 Å². The highest BCUT2D eigenvalue weighted by molar-refractivity contribution is 5.94. The first-order valence-electron chi connectivity index (χ1n) is 9.30. The third-order valence-corrected chi connectivity index (χ3v) is 4.41. The number of rotatable bonds is 5. The molecular formula is C20H31N3O2. The molecular weight excluding hydrogens is 314 g/mol. The zero-order valence-corrected chi connectivity index (χ0v) is 15.8. The van der Waals surface area contributed by atoms with Crippen LogP contribution in [0.4, 0.5) is 4.79 Å². The number of piperidine rings is 1.